The zero-order valence-corrected chi connectivity index (χ0v) is 14.4. The minimum Gasteiger partial charge on any atom is -0.480 e. The number of carboxylic acid groups (broad SMARTS) is 1. The monoisotopic (exact) mass is 433 g/mol. The number of nitrogens with zero attached hydrogens (tertiary/aromatic N) is 2. The van der Waals surface area contributed by atoms with Crippen molar-refractivity contribution in [3.8, 4) is 0 Å². The highest BCUT2D eigenvalue weighted by molar-refractivity contribution is 9.11. The van der Waals surface area contributed by atoms with E-state index in [-0.39, 0.29) is 5.69 Å². The van der Waals surface area contributed by atoms with E-state index in [2.05, 4.69) is 42.3 Å². The lowest BCUT2D eigenvalue weighted by Crippen LogP contribution is -2.18. The molecule has 0 spiro atoms. The highest BCUT2D eigenvalue weighted by atomic mass is 79.9. The molecule has 1 amide bonds. The lowest BCUT2D eigenvalue weighted by Gasteiger charge is -2.09. The Balaban J connectivity index is 2.22. The van der Waals surface area contributed by atoms with E-state index in [1.54, 1.807) is 0 Å². The number of hydrogen-bond acceptors (Lipinski definition) is 3. The summed E-state index contributed by atoms with van der Waals surface area (Å²) in [6.45, 7) is 1.45. The van der Waals surface area contributed by atoms with E-state index in [9.17, 15) is 14.0 Å². The Bertz CT molecular complexity index is 725. The number of anilines is 1. The van der Waals surface area contributed by atoms with Crippen LogP contribution in [0.1, 0.15) is 23.5 Å². The quantitative estimate of drug-likeness (QED) is 0.771. The third kappa shape index (κ3) is 3.53. The van der Waals surface area contributed by atoms with Crippen molar-refractivity contribution in [2.45, 2.75) is 13.0 Å². The average molecular weight is 435 g/mol. The van der Waals surface area contributed by atoms with Crippen LogP contribution in [0.25, 0.3) is 0 Å². The van der Waals surface area contributed by atoms with Gasteiger partial charge in [0, 0.05) is 15.1 Å². The fraction of sp³-hybridized carbons (Fsp3) is 0.154. The number of halogens is 3. The van der Waals surface area contributed by atoms with Crippen molar-refractivity contribution in [3.05, 3.63) is 44.9 Å². The van der Waals surface area contributed by atoms with E-state index in [4.69, 9.17) is 5.11 Å². The molecule has 6 nitrogen and oxygen atoms in total. The second-order valence-corrected chi connectivity index (χ2v) is 6.10. The van der Waals surface area contributed by atoms with Crippen molar-refractivity contribution >= 4 is 49.4 Å². The number of amides is 1. The maximum atomic E-state index is 13.2. The second kappa shape index (κ2) is 6.57. The van der Waals surface area contributed by atoms with Crippen LogP contribution in [0.3, 0.4) is 0 Å². The molecule has 2 rings (SSSR count). The van der Waals surface area contributed by atoms with Gasteiger partial charge in [0.2, 0.25) is 0 Å². The summed E-state index contributed by atoms with van der Waals surface area (Å²) in [5.74, 6) is -2.06. The fourth-order valence-electron chi connectivity index (χ4n) is 1.63. The second-order valence-electron chi connectivity index (χ2n) is 4.39. The van der Waals surface area contributed by atoms with E-state index in [0.29, 0.717) is 14.6 Å². The lowest BCUT2D eigenvalue weighted by molar-refractivity contribution is -0.140. The average Bonchev–Trinajstić information content (AvgIpc) is 2.91. The van der Waals surface area contributed by atoms with Crippen LogP contribution in [-0.4, -0.2) is 26.8 Å². The molecule has 22 heavy (non-hydrogen) atoms. The van der Waals surface area contributed by atoms with Crippen molar-refractivity contribution in [2.24, 2.45) is 0 Å². The molecule has 0 bridgehead atoms. The van der Waals surface area contributed by atoms with Gasteiger partial charge in [0.15, 0.2) is 5.69 Å². The zero-order valence-electron chi connectivity index (χ0n) is 11.2. The molecule has 0 saturated heterocycles. The molecule has 0 saturated carbocycles. The summed E-state index contributed by atoms with van der Waals surface area (Å²) in [6, 6.07) is 2.95. The van der Waals surface area contributed by atoms with Crippen molar-refractivity contribution in [3.63, 3.8) is 0 Å². The molecule has 2 aromatic rings. The molecule has 9 heteroatoms. The van der Waals surface area contributed by atoms with E-state index < -0.39 is 23.7 Å². The highest BCUT2D eigenvalue weighted by Gasteiger charge is 2.18. The van der Waals surface area contributed by atoms with Crippen LogP contribution in [0.2, 0.25) is 0 Å². The summed E-state index contributed by atoms with van der Waals surface area (Å²) in [6.07, 6.45) is 1.41. The van der Waals surface area contributed by atoms with E-state index >= 15 is 0 Å². The first-order chi connectivity index (χ1) is 10.3. The van der Waals surface area contributed by atoms with E-state index in [1.165, 1.54) is 36.0 Å². The standard InChI is InChI=1S/C13H10Br2FN3O3/c1-6(13(21)22)19-3-2-10(18-19)12(20)17-11-8(14)4-7(16)5-9(11)15/h2-6H,1H3,(H,17,20)(H,21,22). The number of hydrogen-bond donors (Lipinski definition) is 2. The van der Waals surface area contributed by atoms with Gasteiger partial charge in [-0.2, -0.15) is 5.10 Å². The van der Waals surface area contributed by atoms with Crippen LogP contribution < -0.4 is 5.32 Å². The molecule has 1 unspecified atom stereocenters. The van der Waals surface area contributed by atoms with Gasteiger partial charge in [-0.3, -0.25) is 9.48 Å². The van der Waals surface area contributed by atoms with Crippen molar-refractivity contribution < 1.29 is 19.1 Å². The first kappa shape index (κ1) is 16.6. The number of carbonyl (C=O) groups excluding carboxylic acids is 1. The van der Waals surface area contributed by atoms with E-state index in [1.807, 2.05) is 0 Å². The summed E-state index contributed by atoms with van der Waals surface area (Å²) in [4.78, 5) is 23.0. The van der Waals surface area contributed by atoms with Crippen molar-refractivity contribution in [2.75, 3.05) is 5.32 Å². The van der Waals surface area contributed by atoms with Gasteiger partial charge in [0.05, 0.1) is 5.69 Å². The molecule has 116 valence electrons. The van der Waals surface area contributed by atoms with E-state index in [0.717, 1.165) is 0 Å². The zero-order chi connectivity index (χ0) is 16.4. The Morgan fingerprint density at radius 2 is 1.95 bits per heavy atom. The SMILES string of the molecule is CC(C(=O)O)n1ccc(C(=O)Nc2c(Br)cc(F)cc2Br)n1. The Kier molecular flexibility index (Phi) is 4.97. The van der Waals surface area contributed by atoms with Crippen LogP contribution in [0, 0.1) is 5.82 Å². The summed E-state index contributed by atoms with van der Waals surface area (Å²) in [5.41, 5.74) is 0.406. The van der Waals surface area contributed by atoms with Crippen LogP contribution in [-0.2, 0) is 4.79 Å². The third-order valence-corrected chi connectivity index (χ3v) is 4.09. The number of carboxylic acids is 1. The Morgan fingerprint density at radius 3 is 2.50 bits per heavy atom. The molecular weight excluding hydrogens is 425 g/mol. The van der Waals surface area contributed by atoms with Crippen LogP contribution in [0.5, 0.6) is 0 Å². The van der Waals surface area contributed by atoms with Crippen molar-refractivity contribution in [1.29, 1.82) is 0 Å². The molecular formula is C13H10Br2FN3O3. The minimum atomic E-state index is -1.06. The maximum absolute atomic E-state index is 13.2. The Morgan fingerprint density at radius 1 is 1.36 bits per heavy atom. The smallest absolute Gasteiger partial charge is 0.328 e. The molecule has 0 aliphatic carbocycles. The van der Waals surface area contributed by atoms with Gasteiger partial charge in [-0.25, -0.2) is 9.18 Å². The molecule has 2 N–H and O–H groups in total. The molecule has 0 aliphatic heterocycles. The van der Waals surface area contributed by atoms with Crippen LogP contribution >= 0.6 is 31.9 Å². The van der Waals surface area contributed by atoms with Gasteiger partial charge in [0.1, 0.15) is 11.9 Å². The molecule has 0 fully saturated rings. The number of carbonyl (C=O) groups is 2. The van der Waals surface area contributed by atoms with Gasteiger partial charge < -0.3 is 10.4 Å². The molecule has 1 aromatic heterocycles. The summed E-state index contributed by atoms with van der Waals surface area (Å²) < 4.78 is 15.1. The first-order valence-electron chi connectivity index (χ1n) is 6.03. The maximum Gasteiger partial charge on any atom is 0.328 e. The normalized spacial score (nSPS) is 12.0. The lowest BCUT2D eigenvalue weighted by atomic mass is 10.3. The molecule has 0 radical (unpaired) electrons. The van der Waals surface area contributed by atoms with Gasteiger partial charge in [-0.1, -0.05) is 0 Å². The number of aliphatic carboxylic acids is 1. The van der Waals surface area contributed by atoms with Crippen LogP contribution in [0.4, 0.5) is 10.1 Å². The predicted octanol–water partition coefficient (Wildman–Crippen LogP) is 3.45. The number of aromatic nitrogens is 2. The fourth-order valence-corrected chi connectivity index (χ4v) is 2.96. The topological polar surface area (TPSA) is 84.2 Å². The Labute approximate surface area is 141 Å². The summed E-state index contributed by atoms with van der Waals surface area (Å²) in [5, 5.41) is 15.4. The number of nitrogens with one attached hydrogen (secondary N) is 1. The van der Waals surface area contributed by atoms with Gasteiger partial charge in [0.25, 0.3) is 5.91 Å². The van der Waals surface area contributed by atoms with Crippen LogP contribution in [0.15, 0.2) is 33.3 Å². The van der Waals surface area contributed by atoms with Gasteiger partial charge >= 0.3 is 5.97 Å². The molecule has 1 heterocycles. The molecule has 0 aliphatic rings. The highest BCUT2D eigenvalue weighted by Crippen LogP contribution is 2.32. The first-order valence-corrected chi connectivity index (χ1v) is 7.62. The van der Waals surface area contributed by atoms with Crippen molar-refractivity contribution in [1.82, 2.24) is 9.78 Å². The Hall–Kier alpha value is -1.74. The number of benzene rings is 1. The van der Waals surface area contributed by atoms with Gasteiger partial charge in [-0.05, 0) is 57.0 Å². The minimum absolute atomic E-state index is 0.0521. The molecule has 1 aromatic carbocycles. The third-order valence-electron chi connectivity index (χ3n) is 2.84. The predicted molar refractivity (Wildman–Crippen MR) is 84.3 cm³/mol. The molecule has 1 atom stereocenters. The number of rotatable bonds is 4. The summed E-state index contributed by atoms with van der Waals surface area (Å²) >= 11 is 6.32. The van der Waals surface area contributed by atoms with Gasteiger partial charge in [-0.15, -0.1) is 0 Å². The summed E-state index contributed by atoms with van der Waals surface area (Å²) in [7, 11) is 0. The largest absolute Gasteiger partial charge is 0.480 e.